The summed E-state index contributed by atoms with van der Waals surface area (Å²) in [6.45, 7) is 4.09. The molecule has 0 saturated heterocycles. The van der Waals surface area contributed by atoms with E-state index in [9.17, 15) is 0 Å². The van der Waals surface area contributed by atoms with Gasteiger partial charge in [0.25, 0.3) is 0 Å². The van der Waals surface area contributed by atoms with Crippen LogP contribution in [0.2, 0.25) is 0 Å². The molecule has 0 unspecified atom stereocenters. The van der Waals surface area contributed by atoms with Crippen molar-refractivity contribution in [3.63, 3.8) is 0 Å². The Labute approximate surface area is 130 Å². The number of fused-ring (bicyclic) bond motifs is 1. The van der Waals surface area contributed by atoms with Gasteiger partial charge in [0, 0.05) is 23.0 Å². The molecule has 1 N–H and O–H groups in total. The second-order valence-electron chi connectivity index (χ2n) is 5.22. The van der Waals surface area contributed by atoms with Crippen LogP contribution < -0.4 is 5.32 Å². The van der Waals surface area contributed by atoms with Gasteiger partial charge in [-0.1, -0.05) is 47.0 Å². The minimum atomic E-state index is 0.933. The molecule has 1 aromatic heterocycles. The number of pyridine rings is 1. The molecule has 2 rings (SSSR count). The number of halogens is 1. The number of aromatic nitrogens is 1. The lowest BCUT2D eigenvalue weighted by Gasteiger charge is -2.09. The molecule has 0 radical (unpaired) electrons. The van der Waals surface area contributed by atoms with Crippen LogP contribution in [-0.2, 0) is 6.54 Å². The highest BCUT2D eigenvalue weighted by Gasteiger charge is 2.02. The van der Waals surface area contributed by atoms with Crippen molar-refractivity contribution in [1.29, 1.82) is 0 Å². The lowest BCUT2D eigenvalue weighted by molar-refractivity contribution is 0.601. The smallest absolute Gasteiger partial charge is 0.0708 e. The van der Waals surface area contributed by atoms with Crippen LogP contribution >= 0.6 is 15.9 Å². The van der Waals surface area contributed by atoms with Crippen LogP contribution in [0.15, 0.2) is 30.3 Å². The van der Waals surface area contributed by atoms with Crippen molar-refractivity contribution < 1.29 is 0 Å². The summed E-state index contributed by atoms with van der Waals surface area (Å²) in [5, 5.41) is 5.95. The number of aryl methyl sites for hydroxylation is 1. The summed E-state index contributed by atoms with van der Waals surface area (Å²) in [5.41, 5.74) is 3.55. The average Bonchev–Trinajstić information content (AvgIpc) is 2.46. The van der Waals surface area contributed by atoms with E-state index in [0.717, 1.165) is 29.6 Å². The standard InChI is InChI=1S/C17H23BrN2/c1-14-12-15(13-19-11-7-3-2-6-10-18)16-8-4-5-9-17(16)20-14/h4-5,8-9,12,19H,2-3,6-7,10-11,13H2,1H3. The molecule has 0 bridgehead atoms. The molecule has 108 valence electrons. The summed E-state index contributed by atoms with van der Waals surface area (Å²) >= 11 is 3.47. The summed E-state index contributed by atoms with van der Waals surface area (Å²) in [5.74, 6) is 0. The second kappa shape index (κ2) is 8.38. The van der Waals surface area contributed by atoms with Crippen LogP contribution in [0.1, 0.15) is 36.9 Å². The van der Waals surface area contributed by atoms with E-state index in [1.54, 1.807) is 0 Å². The first-order valence-electron chi connectivity index (χ1n) is 7.43. The second-order valence-corrected chi connectivity index (χ2v) is 6.01. The fourth-order valence-corrected chi connectivity index (χ4v) is 2.86. The zero-order valence-corrected chi connectivity index (χ0v) is 13.7. The molecule has 20 heavy (non-hydrogen) atoms. The average molecular weight is 335 g/mol. The maximum Gasteiger partial charge on any atom is 0.0708 e. The molecule has 1 heterocycles. The Morgan fingerprint density at radius 2 is 1.90 bits per heavy atom. The van der Waals surface area contributed by atoms with Gasteiger partial charge in [-0.05, 0) is 44.0 Å². The number of nitrogens with one attached hydrogen (secondary N) is 1. The number of rotatable bonds is 8. The Kier molecular flexibility index (Phi) is 6.48. The topological polar surface area (TPSA) is 24.9 Å². The Hall–Kier alpha value is -0.930. The Bertz CT molecular complexity index is 540. The zero-order valence-electron chi connectivity index (χ0n) is 12.2. The molecular weight excluding hydrogens is 312 g/mol. The van der Waals surface area contributed by atoms with E-state index >= 15 is 0 Å². The van der Waals surface area contributed by atoms with E-state index in [2.05, 4.69) is 63.5 Å². The van der Waals surface area contributed by atoms with Crippen molar-refractivity contribution in [2.45, 2.75) is 39.2 Å². The Morgan fingerprint density at radius 1 is 1.10 bits per heavy atom. The van der Waals surface area contributed by atoms with Gasteiger partial charge < -0.3 is 5.32 Å². The molecule has 0 spiro atoms. The molecule has 1 aromatic carbocycles. The fourth-order valence-electron chi connectivity index (χ4n) is 2.46. The van der Waals surface area contributed by atoms with Crippen molar-refractivity contribution in [2.75, 3.05) is 11.9 Å². The molecule has 0 atom stereocenters. The molecule has 0 fully saturated rings. The lowest BCUT2D eigenvalue weighted by atomic mass is 10.1. The predicted octanol–water partition coefficient (Wildman–Crippen LogP) is 4.59. The molecule has 2 aromatic rings. The number of alkyl halides is 1. The Balaban J connectivity index is 1.86. The molecule has 0 aliphatic heterocycles. The maximum atomic E-state index is 4.58. The van der Waals surface area contributed by atoms with E-state index in [1.807, 2.05) is 0 Å². The van der Waals surface area contributed by atoms with E-state index in [0.29, 0.717) is 0 Å². The SMILES string of the molecule is Cc1cc(CNCCCCCCBr)c2ccccc2n1. The third-order valence-electron chi connectivity index (χ3n) is 3.48. The van der Waals surface area contributed by atoms with Crippen molar-refractivity contribution >= 4 is 26.8 Å². The summed E-state index contributed by atoms with van der Waals surface area (Å²) in [4.78, 5) is 4.58. The van der Waals surface area contributed by atoms with E-state index in [4.69, 9.17) is 0 Å². The molecule has 2 nitrogen and oxygen atoms in total. The Morgan fingerprint density at radius 3 is 2.75 bits per heavy atom. The summed E-state index contributed by atoms with van der Waals surface area (Å²) in [6.07, 6.45) is 5.18. The van der Waals surface area contributed by atoms with Gasteiger partial charge in [0.15, 0.2) is 0 Å². The molecule has 0 amide bonds. The van der Waals surface area contributed by atoms with E-state index < -0.39 is 0 Å². The van der Waals surface area contributed by atoms with E-state index in [-0.39, 0.29) is 0 Å². The number of unbranched alkanes of at least 4 members (excludes halogenated alkanes) is 3. The highest BCUT2D eigenvalue weighted by Crippen LogP contribution is 2.17. The highest BCUT2D eigenvalue weighted by atomic mass is 79.9. The van der Waals surface area contributed by atoms with E-state index in [1.165, 1.54) is 36.6 Å². The van der Waals surface area contributed by atoms with Crippen LogP contribution in [0.4, 0.5) is 0 Å². The van der Waals surface area contributed by atoms with Crippen molar-refractivity contribution in [3.05, 3.63) is 41.6 Å². The van der Waals surface area contributed by atoms with Gasteiger partial charge in [-0.2, -0.15) is 0 Å². The van der Waals surface area contributed by atoms with Gasteiger partial charge in [-0.15, -0.1) is 0 Å². The third-order valence-corrected chi connectivity index (χ3v) is 4.04. The van der Waals surface area contributed by atoms with Gasteiger partial charge in [0.1, 0.15) is 0 Å². The number of para-hydroxylation sites is 1. The van der Waals surface area contributed by atoms with Gasteiger partial charge in [0.05, 0.1) is 5.52 Å². The van der Waals surface area contributed by atoms with Gasteiger partial charge >= 0.3 is 0 Å². The number of benzene rings is 1. The third kappa shape index (κ3) is 4.57. The first-order chi connectivity index (χ1) is 9.81. The largest absolute Gasteiger partial charge is 0.313 e. The summed E-state index contributed by atoms with van der Waals surface area (Å²) in [7, 11) is 0. The van der Waals surface area contributed by atoms with Crippen LogP contribution in [0.5, 0.6) is 0 Å². The van der Waals surface area contributed by atoms with Gasteiger partial charge in [0.2, 0.25) is 0 Å². The van der Waals surface area contributed by atoms with Crippen LogP contribution in [0.25, 0.3) is 10.9 Å². The first kappa shape index (κ1) is 15.5. The number of nitrogens with zero attached hydrogens (tertiary/aromatic N) is 1. The molecule has 3 heteroatoms. The minimum absolute atomic E-state index is 0.933. The number of hydrogen-bond donors (Lipinski definition) is 1. The molecule has 0 aliphatic carbocycles. The van der Waals surface area contributed by atoms with Gasteiger partial charge in [-0.25, -0.2) is 0 Å². The zero-order chi connectivity index (χ0) is 14.2. The number of hydrogen-bond acceptors (Lipinski definition) is 2. The normalized spacial score (nSPS) is 11.1. The fraction of sp³-hybridized carbons (Fsp3) is 0.471. The lowest BCUT2D eigenvalue weighted by Crippen LogP contribution is -2.15. The van der Waals surface area contributed by atoms with Crippen LogP contribution in [0, 0.1) is 6.92 Å². The monoisotopic (exact) mass is 334 g/mol. The quantitative estimate of drug-likeness (QED) is 0.564. The molecule has 0 aliphatic rings. The minimum Gasteiger partial charge on any atom is -0.313 e. The van der Waals surface area contributed by atoms with Crippen molar-refractivity contribution in [2.24, 2.45) is 0 Å². The highest BCUT2D eigenvalue weighted by molar-refractivity contribution is 9.09. The molecular formula is C17H23BrN2. The summed E-state index contributed by atoms with van der Waals surface area (Å²) in [6, 6.07) is 10.6. The van der Waals surface area contributed by atoms with Crippen LogP contribution in [-0.4, -0.2) is 16.9 Å². The van der Waals surface area contributed by atoms with Crippen molar-refractivity contribution in [1.82, 2.24) is 10.3 Å². The maximum absolute atomic E-state index is 4.58. The predicted molar refractivity (Wildman–Crippen MR) is 90.4 cm³/mol. The molecule has 0 saturated carbocycles. The van der Waals surface area contributed by atoms with Crippen LogP contribution in [0.3, 0.4) is 0 Å². The first-order valence-corrected chi connectivity index (χ1v) is 8.55. The summed E-state index contributed by atoms with van der Waals surface area (Å²) < 4.78 is 0. The van der Waals surface area contributed by atoms with Gasteiger partial charge in [-0.3, -0.25) is 4.98 Å². The van der Waals surface area contributed by atoms with Crippen molar-refractivity contribution in [3.8, 4) is 0 Å².